The summed E-state index contributed by atoms with van der Waals surface area (Å²) in [6.45, 7) is 14.1. The third-order valence-corrected chi connectivity index (χ3v) is 8.16. The number of hydrogen-bond acceptors (Lipinski definition) is 5. The van der Waals surface area contributed by atoms with Crippen LogP contribution in [0.25, 0.3) is 0 Å². The molecule has 3 rings (SSSR count). The van der Waals surface area contributed by atoms with Crippen molar-refractivity contribution >= 4 is 11.9 Å². The van der Waals surface area contributed by atoms with Crippen molar-refractivity contribution in [3.05, 3.63) is 23.8 Å². The van der Waals surface area contributed by atoms with Gasteiger partial charge in [0.2, 0.25) is 0 Å². The number of esters is 2. The van der Waals surface area contributed by atoms with Gasteiger partial charge >= 0.3 is 11.9 Å². The fraction of sp³-hybridized carbons (Fsp3) is 0.760. The Bertz CT molecular complexity index is 725. The average molecular weight is 419 g/mol. The highest BCUT2D eigenvalue weighted by Crippen LogP contribution is 2.61. The molecule has 0 spiro atoms. The Morgan fingerprint density at radius 2 is 2.00 bits per heavy atom. The largest absolute Gasteiger partial charge is 0.462 e. The molecule has 0 aromatic carbocycles. The van der Waals surface area contributed by atoms with Crippen LogP contribution in [0.2, 0.25) is 0 Å². The van der Waals surface area contributed by atoms with Gasteiger partial charge < -0.3 is 14.6 Å². The Kier molecular flexibility index (Phi) is 6.81. The number of aliphatic hydroxyl groups is 1. The van der Waals surface area contributed by atoms with Crippen molar-refractivity contribution in [3.63, 3.8) is 0 Å². The predicted octanol–water partition coefficient (Wildman–Crippen LogP) is 4.59. The lowest BCUT2D eigenvalue weighted by Crippen LogP contribution is -2.49. The Morgan fingerprint density at radius 1 is 1.30 bits per heavy atom. The molecule has 0 saturated heterocycles. The summed E-state index contributed by atoms with van der Waals surface area (Å²) in [5.41, 5.74) is 1.90. The summed E-state index contributed by atoms with van der Waals surface area (Å²) in [7, 11) is 0. The molecule has 0 aromatic rings. The summed E-state index contributed by atoms with van der Waals surface area (Å²) in [6.07, 6.45) is 5.27. The van der Waals surface area contributed by atoms with Crippen LogP contribution in [0.15, 0.2) is 23.8 Å². The van der Waals surface area contributed by atoms with E-state index in [2.05, 4.69) is 20.4 Å². The van der Waals surface area contributed by atoms with E-state index < -0.39 is 6.10 Å². The highest BCUT2D eigenvalue weighted by atomic mass is 16.5. The summed E-state index contributed by atoms with van der Waals surface area (Å²) >= 11 is 0. The van der Waals surface area contributed by atoms with Crippen molar-refractivity contribution in [1.29, 1.82) is 0 Å². The molecule has 1 N–H and O–H groups in total. The van der Waals surface area contributed by atoms with E-state index in [1.807, 2.05) is 19.9 Å². The lowest BCUT2D eigenvalue weighted by atomic mass is 9.58. The molecule has 0 radical (unpaired) electrons. The van der Waals surface area contributed by atoms with Crippen LogP contribution < -0.4 is 0 Å². The van der Waals surface area contributed by atoms with Crippen molar-refractivity contribution in [2.24, 2.45) is 29.1 Å². The predicted molar refractivity (Wildman–Crippen MR) is 115 cm³/mol. The van der Waals surface area contributed by atoms with Gasteiger partial charge in [0.25, 0.3) is 0 Å². The first-order chi connectivity index (χ1) is 14.1. The van der Waals surface area contributed by atoms with E-state index in [1.165, 1.54) is 12.5 Å². The Balaban J connectivity index is 2.03. The minimum absolute atomic E-state index is 0.106. The molecule has 2 saturated carbocycles. The van der Waals surface area contributed by atoms with Gasteiger partial charge in [0.05, 0.1) is 6.10 Å². The number of fused-ring (bicyclic) bond motifs is 1. The standard InChI is InChI=1S/C25H38O5/c1-7-23(28)30-22-13-18-12-20(27)14(2)8-9-21(29-17(5)26)16(4)19-10-11-25(22,6)24(19)15(18)3/h8,16,18-22,24,27H,3,7,9-13H2,1-2,4-6H3. The summed E-state index contributed by atoms with van der Waals surface area (Å²) in [6, 6.07) is 0. The molecular weight excluding hydrogens is 380 g/mol. The lowest BCUT2D eigenvalue weighted by Gasteiger charge is -2.50. The van der Waals surface area contributed by atoms with Crippen LogP contribution >= 0.6 is 0 Å². The topological polar surface area (TPSA) is 72.8 Å². The zero-order valence-electron chi connectivity index (χ0n) is 19.1. The smallest absolute Gasteiger partial charge is 0.305 e. The van der Waals surface area contributed by atoms with Gasteiger partial charge in [0.1, 0.15) is 12.2 Å². The molecule has 0 heterocycles. The maximum Gasteiger partial charge on any atom is 0.305 e. The third-order valence-electron chi connectivity index (χ3n) is 8.16. The van der Waals surface area contributed by atoms with Crippen LogP contribution in [-0.4, -0.2) is 35.4 Å². The second-order valence-electron chi connectivity index (χ2n) is 9.97. The van der Waals surface area contributed by atoms with Gasteiger partial charge in [-0.15, -0.1) is 0 Å². The van der Waals surface area contributed by atoms with Gasteiger partial charge in [-0.1, -0.05) is 39.0 Å². The molecule has 3 aliphatic carbocycles. The van der Waals surface area contributed by atoms with E-state index in [1.54, 1.807) is 0 Å². The minimum Gasteiger partial charge on any atom is -0.462 e. The van der Waals surface area contributed by atoms with Crippen LogP contribution in [0, 0.1) is 29.1 Å². The maximum absolute atomic E-state index is 12.2. The highest BCUT2D eigenvalue weighted by molar-refractivity contribution is 5.69. The van der Waals surface area contributed by atoms with Gasteiger partial charge in [-0.05, 0) is 61.9 Å². The molecule has 2 bridgehead atoms. The van der Waals surface area contributed by atoms with Crippen LogP contribution in [0.3, 0.4) is 0 Å². The molecule has 0 aliphatic heterocycles. The number of carbonyl (C=O) groups excluding carboxylic acids is 2. The number of allylic oxidation sites excluding steroid dienone is 1. The van der Waals surface area contributed by atoms with Gasteiger partial charge in [0, 0.05) is 25.2 Å². The number of ether oxygens (including phenoxy) is 2. The van der Waals surface area contributed by atoms with Gasteiger partial charge in [-0.2, -0.15) is 0 Å². The molecule has 3 aliphatic rings. The van der Waals surface area contributed by atoms with E-state index >= 15 is 0 Å². The van der Waals surface area contributed by atoms with Gasteiger partial charge in [-0.3, -0.25) is 9.59 Å². The molecule has 0 amide bonds. The normalized spacial score (nSPS) is 41.5. The molecular formula is C25H38O5. The zero-order chi connectivity index (χ0) is 22.2. The molecule has 168 valence electrons. The second-order valence-corrected chi connectivity index (χ2v) is 9.97. The molecule has 0 aromatic heterocycles. The number of aliphatic hydroxyl groups excluding tert-OH is 1. The quantitative estimate of drug-likeness (QED) is 0.536. The molecule has 8 unspecified atom stereocenters. The highest BCUT2D eigenvalue weighted by Gasteiger charge is 2.58. The summed E-state index contributed by atoms with van der Waals surface area (Å²) < 4.78 is 11.7. The van der Waals surface area contributed by atoms with Crippen molar-refractivity contribution < 1.29 is 24.2 Å². The number of hydrogen-bond donors (Lipinski definition) is 1. The zero-order valence-corrected chi connectivity index (χ0v) is 19.1. The first kappa shape index (κ1) is 23.1. The lowest BCUT2D eigenvalue weighted by molar-refractivity contribution is -0.162. The monoisotopic (exact) mass is 418 g/mol. The van der Waals surface area contributed by atoms with Crippen LogP contribution in [0.4, 0.5) is 0 Å². The third kappa shape index (κ3) is 4.23. The Labute approximate surface area is 180 Å². The van der Waals surface area contributed by atoms with Crippen LogP contribution in [-0.2, 0) is 19.1 Å². The van der Waals surface area contributed by atoms with E-state index in [9.17, 15) is 14.7 Å². The molecule has 5 heteroatoms. The fourth-order valence-corrected chi connectivity index (χ4v) is 6.27. The molecule has 5 nitrogen and oxygen atoms in total. The van der Waals surface area contributed by atoms with Crippen molar-refractivity contribution in [2.45, 2.75) is 91.5 Å². The van der Waals surface area contributed by atoms with E-state index in [4.69, 9.17) is 9.47 Å². The Hall–Kier alpha value is -1.62. The SMILES string of the molecule is C=C1C2CC(O)C(C)=CCC(OC(C)=O)C(C)C3CCC(C)(C(OC(=O)CC)C2)C13. The van der Waals surface area contributed by atoms with Crippen LogP contribution in [0.5, 0.6) is 0 Å². The van der Waals surface area contributed by atoms with Crippen molar-refractivity contribution in [2.75, 3.05) is 0 Å². The second kappa shape index (κ2) is 8.86. The van der Waals surface area contributed by atoms with E-state index in [0.29, 0.717) is 25.2 Å². The molecule has 2 fully saturated rings. The summed E-state index contributed by atoms with van der Waals surface area (Å²) in [5.74, 6) is 0.309. The van der Waals surface area contributed by atoms with Crippen molar-refractivity contribution in [3.8, 4) is 0 Å². The van der Waals surface area contributed by atoms with E-state index in [0.717, 1.165) is 24.8 Å². The molecule has 30 heavy (non-hydrogen) atoms. The van der Waals surface area contributed by atoms with Gasteiger partial charge in [0.15, 0.2) is 0 Å². The maximum atomic E-state index is 12.2. The number of carbonyl (C=O) groups is 2. The van der Waals surface area contributed by atoms with Gasteiger partial charge in [-0.25, -0.2) is 0 Å². The Morgan fingerprint density at radius 3 is 2.63 bits per heavy atom. The summed E-state index contributed by atoms with van der Waals surface area (Å²) in [5, 5.41) is 10.9. The molecule has 8 atom stereocenters. The first-order valence-corrected chi connectivity index (χ1v) is 11.5. The first-order valence-electron chi connectivity index (χ1n) is 11.5. The van der Waals surface area contributed by atoms with Crippen molar-refractivity contribution in [1.82, 2.24) is 0 Å². The van der Waals surface area contributed by atoms with Crippen LogP contribution in [0.1, 0.15) is 73.1 Å². The van der Waals surface area contributed by atoms with E-state index in [-0.39, 0.29) is 47.3 Å². The summed E-state index contributed by atoms with van der Waals surface area (Å²) in [4.78, 5) is 24.0. The average Bonchev–Trinajstić information content (AvgIpc) is 3.05. The number of rotatable bonds is 3. The minimum atomic E-state index is -0.579. The fourth-order valence-electron chi connectivity index (χ4n) is 6.27.